The Morgan fingerprint density at radius 2 is 2.00 bits per heavy atom. The highest BCUT2D eigenvalue weighted by molar-refractivity contribution is 8.04. The first-order valence-electron chi connectivity index (χ1n) is 1.65. The quantitative estimate of drug-likeness (QED) is 0.430. The molecular weight excluding hydrogens is 134 g/mol. The first-order valence-corrected chi connectivity index (χ1v) is 3.19. The summed E-state index contributed by atoms with van der Waals surface area (Å²) in [5, 5.41) is 10.8. The Kier molecular flexibility index (Phi) is 2.08. The minimum Gasteiger partial charge on any atom is -0.387 e. The van der Waals surface area contributed by atoms with Gasteiger partial charge in [-0.2, -0.15) is 0 Å². The molecule has 0 aromatic heterocycles. The highest BCUT2D eigenvalue weighted by atomic mass is 32.2. The van der Waals surface area contributed by atoms with E-state index in [9.17, 15) is 13.2 Å². The number of hydrogen-bond donors (Lipinski definition) is 2. The molecule has 0 radical (unpaired) electrons. The van der Waals surface area contributed by atoms with E-state index < -0.39 is 21.7 Å². The minimum atomic E-state index is -4.14. The monoisotopic (exact) mass is 139 g/mol. The van der Waals surface area contributed by atoms with Crippen molar-refractivity contribution >= 4 is 15.1 Å². The molecule has 48 valence electrons. The van der Waals surface area contributed by atoms with Gasteiger partial charge in [0.25, 0.3) is 15.1 Å². The van der Waals surface area contributed by atoms with Crippen LogP contribution in [0.4, 0.5) is 0 Å². The maximum Gasteiger partial charge on any atom is 0.286 e. The van der Waals surface area contributed by atoms with E-state index in [1.165, 1.54) is 0 Å². The number of sulfonamides is 1. The Morgan fingerprint density at radius 3 is 2.00 bits per heavy atom. The fourth-order valence-corrected chi connectivity index (χ4v) is 0.270. The molecule has 0 atom stereocenters. The van der Waals surface area contributed by atoms with Gasteiger partial charge in [-0.25, -0.2) is 13.6 Å². The molecule has 0 rings (SSSR count). The second kappa shape index (κ2) is 2.21. The SMILES string of the molecule is NS(=O)(=O)C(=O)CO. The predicted octanol–water partition coefficient (Wildman–Crippen LogP) is -2.21. The normalized spacial score (nSPS) is 11.2. The Bertz CT molecular complexity index is 180. The van der Waals surface area contributed by atoms with E-state index in [1.807, 2.05) is 0 Å². The molecule has 8 heavy (non-hydrogen) atoms. The maximum atomic E-state index is 9.87. The molecule has 5 nitrogen and oxygen atoms in total. The first kappa shape index (κ1) is 7.54. The number of aliphatic hydroxyl groups excluding tert-OH is 1. The Balaban J connectivity index is 4.29. The molecular formula is C2H5NO4S. The average molecular weight is 139 g/mol. The van der Waals surface area contributed by atoms with Crippen molar-refractivity contribution in [1.82, 2.24) is 0 Å². The average Bonchev–Trinajstić information content (AvgIpc) is 1.62. The van der Waals surface area contributed by atoms with Gasteiger partial charge in [0.2, 0.25) is 0 Å². The number of carbonyl (C=O) groups is 1. The van der Waals surface area contributed by atoms with Gasteiger partial charge in [-0.3, -0.25) is 4.79 Å². The summed E-state index contributed by atoms with van der Waals surface area (Å²) in [5.41, 5.74) is 0. The molecule has 0 aromatic carbocycles. The first-order chi connectivity index (χ1) is 3.48. The summed E-state index contributed by atoms with van der Waals surface area (Å²) in [6.07, 6.45) is 0. The van der Waals surface area contributed by atoms with Gasteiger partial charge in [0, 0.05) is 0 Å². The summed E-state index contributed by atoms with van der Waals surface area (Å²) in [7, 11) is -4.14. The second-order valence-corrected chi connectivity index (χ2v) is 2.62. The number of nitrogens with two attached hydrogens (primary N) is 1. The van der Waals surface area contributed by atoms with Gasteiger partial charge in [0.1, 0.15) is 6.61 Å². The van der Waals surface area contributed by atoms with Crippen molar-refractivity contribution in [3.8, 4) is 0 Å². The van der Waals surface area contributed by atoms with Crippen molar-refractivity contribution in [1.29, 1.82) is 0 Å². The van der Waals surface area contributed by atoms with Crippen LogP contribution in [-0.2, 0) is 14.8 Å². The minimum absolute atomic E-state index is 1.06. The summed E-state index contributed by atoms with van der Waals surface area (Å²) in [6.45, 7) is -1.06. The lowest BCUT2D eigenvalue weighted by molar-refractivity contribution is -0.114. The van der Waals surface area contributed by atoms with Crippen molar-refractivity contribution in [3.63, 3.8) is 0 Å². The van der Waals surface area contributed by atoms with Crippen molar-refractivity contribution in [3.05, 3.63) is 0 Å². The van der Waals surface area contributed by atoms with Crippen LogP contribution in [0, 0.1) is 0 Å². The summed E-state index contributed by atoms with van der Waals surface area (Å²) < 4.78 is 19.7. The third-order valence-corrected chi connectivity index (χ3v) is 1.21. The lowest BCUT2D eigenvalue weighted by Crippen LogP contribution is -2.25. The van der Waals surface area contributed by atoms with Crippen LogP contribution >= 0.6 is 0 Å². The molecule has 0 aliphatic heterocycles. The molecule has 6 heteroatoms. The fraction of sp³-hybridized carbons (Fsp3) is 0.500. The topological polar surface area (TPSA) is 97.5 Å². The number of hydrogen-bond acceptors (Lipinski definition) is 4. The molecule has 0 saturated carbocycles. The van der Waals surface area contributed by atoms with Gasteiger partial charge in [-0.1, -0.05) is 0 Å². The van der Waals surface area contributed by atoms with Gasteiger partial charge in [0.15, 0.2) is 0 Å². The third kappa shape index (κ3) is 2.01. The molecule has 0 fully saturated rings. The highest BCUT2D eigenvalue weighted by Crippen LogP contribution is 1.76. The van der Waals surface area contributed by atoms with Crippen molar-refractivity contribution in [2.75, 3.05) is 6.61 Å². The number of primary sulfonamides is 1. The Morgan fingerprint density at radius 1 is 1.62 bits per heavy atom. The van der Waals surface area contributed by atoms with Crippen molar-refractivity contribution in [2.24, 2.45) is 5.14 Å². The third-order valence-electron chi connectivity index (χ3n) is 0.446. The molecule has 0 amide bonds. The van der Waals surface area contributed by atoms with E-state index in [1.54, 1.807) is 0 Å². The highest BCUT2D eigenvalue weighted by Gasteiger charge is 2.13. The zero-order chi connectivity index (χ0) is 6.78. The smallest absolute Gasteiger partial charge is 0.286 e. The number of carbonyl (C=O) groups excluding carboxylic acids is 1. The van der Waals surface area contributed by atoms with Gasteiger partial charge in [-0.05, 0) is 0 Å². The second-order valence-electron chi connectivity index (χ2n) is 1.08. The predicted molar refractivity (Wildman–Crippen MR) is 25.2 cm³/mol. The van der Waals surface area contributed by atoms with Crippen LogP contribution in [0.5, 0.6) is 0 Å². The van der Waals surface area contributed by atoms with Crippen LogP contribution in [0.2, 0.25) is 0 Å². The van der Waals surface area contributed by atoms with Crippen molar-refractivity contribution < 1.29 is 18.3 Å². The molecule has 0 unspecified atom stereocenters. The lowest BCUT2D eigenvalue weighted by Gasteiger charge is -1.87. The molecule has 0 saturated heterocycles. The largest absolute Gasteiger partial charge is 0.387 e. The Labute approximate surface area is 46.2 Å². The van der Waals surface area contributed by atoms with Crippen LogP contribution in [-0.4, -0.2) is 25.2 Å². The molecule has 3 N–H and O–H groups in total. The van der Waals surface area contributed by atoms with E-state index >= 15 is 0 Å². The summed E-state index contributed by atoms with van der Waals surface area (Å²) >= 11 is 0. The van der Waals surface area contributed by atoms with E-state index in [-0.39, 0.29) is 0 Å². The van der Waals surface area contributed by atoms with E-state index in [4.69, 9.17) is 5.11 Å². The zero-order valence-electron chi connectivity index (χ0n) is 3.86. The van der Waals surface area contributed by atoms with Crippen LogP contribution < -0.4 is 5.14 Å². The van der Waals surface area contributed by atoms with E-state index in [0.717, 1.165) is 0 Å². The van der Waals surface area contributed by atoms with Crippen LogP contribution in [0.25, 0.3) is 0 Å². The summed E-state index contributed by atoms with van der Waals surface area (Å²) in [4.78, 5) is 9.87. The van der Waals surface area contributed by atoms with Gasteiger partial charge in [-0.15, -0.1) is 0 Å². The van der Waals surface area contributed by atoms with E-state index in [2.05, 4.69) is 5.14 Å². The number of rotatable bonds is 1. The molecule has 0 heterocycles. The van der Waals surface area contributed by atoms with Gasteiger partial charge in [0.05, 0.1) is 0 Å². The molecule has 0 aromatic rings. The van der Waals surface area contributed by atoms with Crippen LogP contribution in [0.1, 0.15) is 0 Å². The van der Waals surface area contributed by atoms with Crippen LogP contribution in [0.15, 0.2) is 0 Å². The Hall–Kier alpha value is -0.460. The van der Waals surface area contributed by atoms with Crippen LogP contribution in [0.3, 0.4) is 0 Å². The van der Waals surface area contributed by atoms with Crippen molar-refractivity contribution in [2.45, 2.75) is 0 Å². The zero-order valence-corrected chi connectivity index (χ0v) is 4.68. The molecule has 0 spiro atoms. The lowest BCUT2D eigenvalue weighted by atomic mass is 10.8. The molecule has 0 aliphatic carbocycles. The maximum absolute atomic E-state index is 9.87. The van der Waals surface area contributed by atoms with Gasteiger partial charge < -0.3 is 5.11 Å². The molecule has 0 bridgehead atoms. The number of aliphatic hydroxyl groups is 1. The summed E-state index contributed by atoms with van der Waals surface area (Å²) in [6, 6.07) is 0. The van der Waals surface area contributed by atoms with Gasteiger partial charge >= 0.3 is 0 Å². The summed E-state index contributed by atoms with van der Waals surface area (Å²) in [5.74, 6) is 0. The fourth-order valence-electron chi connectivity index (χ4n) is 0.0900. The standard InChI is InChI=1S/C2H5NO4S/c3-8(6,7)2(5)1-4/h4H,1H2,(H2,3,6,7). The van der Waals surface area contributed by atoms with E-state index in [0.29, 0.717) is 0 Å². The molecule has 0 aliphatic rings.